The van der Waals surface area contributed by atoms with Crippen molar-refractivity contribution in [3.63, 3.8) is 0 Å². The Bertz CT molecular complexity index is 492. The molecule has 96 valence electrons. The zero-order chi connectivity index (χ0) is 12.4. The Morgan fingerprint density at radius 1 is 1.56 bits per heavy atom. The van der Waals surface area contributed by atoms with Gasteiger partial charge in [0.05, 0.1) is 12.6 Å². The predicted octanol–water partition coefficient (Wildman–Crippen LogP) is 2.64. The molecular weight excluding hydrogens is 248 g/mol. The maximum absolute atomic E-state index is 5.23. The van der Waals surface area contributed by atoms with Gasteiger partial charge in [-0.25, -0.2) is 4.98 Å². The number of thiazole rings is 1. The first-order valence-electron chi connectivity index (χ1n) is 6.32. The molecule has 6 heteroatoms. The van der Waals surface area contributed by atoms with E-state index < -0.39 is 0 Å². The summed E-state index contributed by atoms with van der Waals surface area (Å²) in [6, 6.07) is 0.271. The minimum atomic E-state index is 0.271. The first-order chi connectivity index (χ1) is 8.86. The topological polar surface area (TPSA) is 63.8 Å². The van der Waals surface area contributed by atoms with Gasteiger partial charge in [0.25, 0.3) is 0 Å². The van der Waals surface area contributed by atoms with Gasteiger partial charge >= 0.3 is 0 Å². The summed E-state index contributed by atoms with van der Waals surface area (Å²) in [6.45, 7) is 2.78. The first kappa shape index (κ1) is 11.8. The summed E-state index contributed by atoms with van der Waals surface area (Å²) in [5, 5.41) is 10.5. The Kier molecular flexibility index (Phi) is 3.38. The fourth-order valence-electron chi connectivity index (χ4n) is 1.86. The van der Waals surface area contributed by atoms with E-state index >= 15 is 0 Å². The molecule has 1 N–H and O–H groups in total. The van der Waals surface area contributed by atoms with Crippen molar-refractivity contribution in [2.75, 3.05) is 0 Å². The lowest BCUT2D eigenvalue weighted by Gasteiger charge is -2.12. The minimum absolute atomic E-state index is 0.271. The number of hydrogen-bond donors (Lipinski definition) is 1. The summed E-state index contributed by atoms with van der Waals surface area (Å²) in [5.41, 5.74) is 0. The van der Waals surface area contributed by atoms with E-state index in [-0.39, 0.29) is 6.04 Å². The third-order valence-corrected chi connectivity index (χ3v) is 3.96. The highest BCUT2D eigenvalue weighted by atomic mass is 32.1. The zero-order valence-corrected chi connectivity index (χ0v) is 11.1. The van der Waals surface area contributed by atoms with Crippen LogP contribution < -0.4 is 5.32 Å². The predicted molar refractivity (Wildman–Crippen MR) is 68.3 cm³/mol. The average Bonchev–Trinajstić information content (AvgIpc) is 2.93. The molecule has 1 fully saturated rings. The van der Waals surface area contributed by atoms with Crippen LogP contribution in [0.3, 0.4) is 0 Å². The van der Waals surface area contributed by atoms with Crippen LogP contribution in [0.25, 0.3) is 0 Å². The molecule has 1 atom stereocenters. The van der Waals surface area contributed by atoms with Gasteiger partial charge in [-0.05, 0) is 19.3 Å². The second kappa shape index (κ2) is 5.16. The van der Waals surface area contributed by atoms with Gasteiger partial charge in [0.15, 0.2) is 5.82 Å². The lowest BCUT2D eigenvalue weighted by molar-refractivity contribution is 0.370. The Hall–Kier alpha value is -1.27. The highest BCUT2D eigenvalue weighted by molar-refractivity contribution is 7.09. The van der Waals surface area contributed by atoms with E-state index in [0.717, 1.165) is 23.1 Å². The quantitative estimate of drug-likeness (QED) is 0.869. The van der Waals surface area contributed by atoms with Crippen molar-refractivity contribution in [1.82, 2.24) is 20.4 Å². The third kappa shape index (κ3) is 2.59. The molecule has 1 saturated carbocycles. The maximum Gasteiger partial charge on any atom is 0.229 e. The van der Waals surface area contributed by atoms with Crippen molar-refractivity contribution in [3.05, 3.63) is 28.3 Å². The van der Waals surface area contributed by atoms with E-state index in [1.165, 1.54) is 12.8 Å². The molecule has 1 aliphatic carbocycles. The van der Waals surface area contributed by atoms with Crippen LogP contribution in [0.2, 0.25) is 0 Å². The van der Waals surface area contributed by atoms with Gasteiger partial charge in [-0.3, -0.25) is 0 Å². The standard InChI is InChI=1S/C12H16N4OS/c1-2-9(12-13-5-6-18-12)14-7-10-15-11(17-16-10)8-3-4-8/h5-6,8-9,14H,2-4,7H2,1H3. The van der Waals surface area contributed by atoms with Crippen molar-refractivity contribution in [2.24, 2.45) is 0 Å². The number of hydrogen-bond acceptors (Lipinski definition) is 6. The molecule has 0 saturated heterocycles. The molecule has 2 heterocycles. The van der Waals surface area contributed by atoms with Gasteiger partial charge in [-0.1, -0.05) is 12.1 Å². The summed E-state index contributed by atoms with van der Waals surface area (Å²) in [6.07, 6.45) is 5.21. The number of nitrogens with one attached hydrogen (secondary N) is 1. The lowest BCUT2D eigenvalue weighted by atomic mass is 10.2. The van der Waals surface area contributed by atoms with E-state index in [0.29, 0.717) is 12.5 Å². The summed E-state index contributed by atoms with van der Waals surface area (Å²) in [4.78, 5) is 8.74. The van der Waals surface area contributed by atoms with Crippen LogP contribution >= 0.6 is 11.3 Å². The molecule has 0 amide bonds. The van der Waals surface area contributed by atoms with Crippen molar-refractivity contribution in [3.8, 4) is 0 Å². The van der Waals surface area contributed by atoms with Crippen molar-refractivity contribution in [1.29, 1.82) is 0 Å². The van der Waals surface area contributed by atoms with E-state index in [4.69, 9.17) is 4.52 Å². The second-order valence-electron chi connectivity index (χ2n) is 4.54. The Labute approximate surface area is 110 Å². The molecular formula is C12H16N4OS. The fraction of sp³-hybridized carbons (Fsp3) is 0.583. The fourth-order valence-corrected chi connectivity index (χ4v) is 2.66. The molecule has 18 heavy (non-hydrogen) atoms. The van der Waals surface area contributed by atoms with Crippen LogP contribution in [-0.2, 0) is 6.54 Å². The Morgan fingerprint density at radius 2 is 2.44 bits per heavy atom. The summed E-state index contributed by atoms with van der Waals surface area (Å²) in [7, 11) is 0. The van der Waals surface area contributed by atoms with Crippen LogP contribution in [0.1, 0.15) is 54.9 Å². The molecule has 0 aliphatic heterocycles. The Morgan fingerprint density at radius 3 is 3.11 bits per heavy atom. The van der Waals surface area contributed by atoms with E-state index in [1.54, 1.807) is 11.3 Å². The molecule has 1 aliphatic rings. The third-order valence-electron chi connectivity index (χ3n) is 3.07. The summed E-state index contributed by atoms with van der Waals surface area (Å²) < 4.78 is 5.23. The SMILES string of the molecule is CCC(NCc1noc(C2CC2)n1)c1nccs1. The highest BCUT2D eigenvalue weighted by Gasteiger charge is 2.29. The van der Waals surface area contributed by atoms with Crippen molar-refractivity contribution >= 4 is 11.3 Å². The molecule has 2 aromatic heterocycles. The van der Waals surface area contributed by atoms with E-state index in [1.807, 2.05) is 11.6 Å². The molecule has 2 aromatic rings. The van der Waals surface area contributed by atoms with Crippen molar-refractivity contribution < 1.29 is 4.52 Å². The normalized spacial score (nSPS) is 16.9. The number of rotatable bonds is 6. The minimum Gasteiger partial charge on any atom is -0.339 e. The van der Waals surface area contributed by atoms with Crippen LogP contribution in [0.5, 0.6) is 0 Å². The van der Waals surface area contributed by atoms with Crippen LogP contribution in [0, 0.1) is 0 Å². The van der Waals surface area contributed by atoms with Gasteiger partial charge in [0.1, 0.15) is 5.01 Å². The maximum atomic E-state index is 5.23. The van der Waals surface area contributed by atoms with E-state index in [9.17, 15) is 0 Å². The van der Waals surface area contributed by atoms with Crippen molar-refractivity contribution in [2.45, 2.75) is 44.7 Å². The molecule has 3 rings (SSSR count). The number of aromatic nitrogens is 3. The molecule has 0 spiro atoms. The zero-order valence-electron chi connectivity index (χ0n) is 10.3. The van der Waals surface area contributed by atoms with Gasteiger partial charge in [-0.2, -0.15) is 4.98 Å². The van der Waals surface area contributed by atoms with Crippen LogP contribution in [-0.4, -0.2) is 15.1 Å². The smallest absolute Gasteiger partial charge is 0.229 e. The van der Waals surface area contributed by atoms with Crippen LogP contribution in [0.15, 0.2) is 16.1 Å². The van der Waals surface area contributed by atoms with Gasteiger partial charge in [0.2, 0.25) is 5.89 Å². The monoisotopic (exact) mass is 264 g/mol. The molecule has 0 radical (unpaired) electrons. The van der Waals surface area contributed by atoms with Gasteiger partial charge in [-0.15, -0.1) is 11.3 Å². The molecule has 1 unspecified atom stereocenters. The van der Waals surface area contributed by atoms with Crippen LogP contribution in [0.4, 0.5) is 0 Å². The average molecular weight is 264 g/mol. The lowest BCUT2D eigenvalue weighted by Crippen LogP contribution is -2.20. The van der Waals surface area contributed by atoms with E-state index in [2.05, 4.69) is 27.4 Å². The van der Waals surface area contributed by atoms with Gasteiger partial charge in [0, 0.05) is 17.5 Å². The molecule has 5 nitrogen and oxygen atoms in total. The van der Waals surface area contributed by atoms with Gasteiger partial charge < -0.3 is 9.84 Å². The summed E-state index contributed by atoms with van der Waals surface area (Å²) >= 11 is 1.67. The second-order valence-corrected chi connectivity index (χ2v) is 5.46. The largest absolute Gasteiger partial charge is 0.339 e. The molecule has 0 bridgehead atoms. The summed E-state index contributed by atoms with van der Waals surface area (Å²) in [5.74, 6) is 2.06. The number of nitrogens with zero attached hydrogens (tertiary/aromatic N) is 3. The Balaban J connectivity index is 1.58. The highest BCUT2D eigenvalue weighted by Crippen LogP contribution is 2.38. The first-order valence-corrected chi connectivity index (χ1v) is 7.20. The molecule has 0 aromatic carbocycles.